The number of likely N-dealkylation sites (tertiary alicyclic amines) is 1. The Hall–Kier alpha value is -3.42. The molecule has 0 bridgehead atoms. The van der Waals surface area contributed by atoms with Crippen LogP contribution >= 0.6 is 0 Å². The topological polar surface area (TPSA) is 94.7 Å². The summed E-state index contributed by atoms with van der Waals surface area (Å²) in [7, 11) is 0. The van der Waals surface area contributed by atoms with Gasteiger partial charge in [-0.1, -0.05) is 24.3 Å². The number of carbonyl (C=O) groups excluding carboxylic acids is 2. The summed E-state index contributed by atoms with van der Waals surface area (Å²) in [4.78, 5) is 30.0. The summed E-state index contributed by atoms with van der Waals surface area (Å²) in [5, 5.41) is 9.83. The van der Waals surface area contributed by atoms with E-state index < -0.39 is 11.5 Å². The highest BCUT2D eigenvalue weighted by Gasteiger charge is 2.47. The van der Waals surface area contributed by atoms with E-state index in [0.717, 1.165) is 18.5 Å². The summed E-state index contributed by atoms with van der Waals surface area (Å²) in [6.07, 6.45) is 5.96. The maximum atomic E-state index is 13.0. The van der Waals surface area contributed by atoms with Crippen LogP contribution in [0.1, 0.15) is 47.3 Å². The van der Waals surface area contributed by atoms with E-state index in [1.165, 1.54) is 17.0 Å². The number of ketones is 1. The second-order valence-corrected chi connectivity index (χ2v) is 8.64. The lowest BCUT2D eigenvalue weighted by Crippen LogP contribution is -2.44. The Morgan fingerprint density at radius 3 is 3.00 bits per heavy atom. The number of fused-ring (bicyclic) bond motifs is 2. The van der Waals surface area contributed by atoms with Crippen molar-refractivity contribution in [3.05, 3.63) is 71.4 Å². The molecule has 2 aliphatic rings. The molecule has 2 atom stereocenters. The Balaban J connectivity index is 1.35. The number of benzene rings is 2. The molecule has 3 heterocycles. The molecule has 164 valence electrons. The first kappa shape index (κ1) is 20.5. The standard InChI is InChI=1S/C25H25N3O4/c1-16(20-14-26-21-5-3-2-4-18(20)21)28-11-10-25(15-28)13-22(29)19-12-17(6-8-23(19)32-25)7-9-24(30)27-31/h2-9,12,14,16,26,31H,10-11,13,15H2,1H3,(H,27,30). The highest BCUT2D eigenvalue weighted by molar-refractivity contribution is 6.01. The Morgan fingerprint density at radius 1 is 1.31 bits per heavy atom. The highest BCUT2D eigenvalue weighted by atomic mass is 16.5. The highest BCUT2D eigenvalue weighted by Crippen LogP contribution is 2.42. The third-order valence-electron chi connectivity index (χ3n) is 6.62. The molecule has 1 spiro atoms. The molecule has 1 amide bonds. The molecule has 7 heteroatoms. The summed E-state index contributed by atoms with van der Waals surface area (Å²) in [5.74, 6) is 0.0148. The molecule has 0 saturated carbocycles. The molecule has 2 unspecified atom stereocenters. The number of amides is 1. The van der Waals surface area contributed by atoms with Gasteiger partial charge in [-0.25, -0.2) is 5.48 Å². The van der Waals surface area contributed by atoms with Gasteiger partial charge in [-0.05, 0) is 42.3 Å². The molecule has 2 aromatic carbocycles. The smallest absolute Gasteiger partial charge is 0.267 e. The molecule has 0 aliphatic carbocycles. The number of nitrogens with zero attached hydrogens (tertiary/aromatic N) is 1. The molecule has 1 saturated heterocycles. The van der Waals surface area contributed by atoms with E-state index in [4.69, 9.17) is 9.94 Å². The van der Waals surface area contributed by atoms with Crippen LogP contribution in [0.15, 0.2) is 54.7 Å². The number of aromatic amines is 1. The average Bonchev–Trinajstić information content (AvgIpc) is 3.42. The van der Waals surface area contributed by atoms with E-state index in [9.17, 15) is 9.59 Å². The van der Waals surface area contributed by atoms with Crippen LogP contribution in [-0.2, 0) is 4.79 Å². The van der Waals surface area contributed by atoms with Crippen LogP contribution in [0.5, 0.6) is 5.75 Å². The second-order valence-electron chi connectivity index (χ2n) is 8.64. The Bertz CT molecular complexity index is 1230. The number of rotatable bonds is 4. The van der Waals surface area contributed by atoms with Gasteiger partial charge in [0, 0.05) is 48.7 Å². The number of Topliss-reactive ketones (excluding diaryl/α,β-unsaturated/α-hetero) is 1. The summed E-state index contributed by atoms with van der Waals surface area (Å²) in [6.45, 7) is 3.76. The summed E-state index contributed by atoms with van der Waals surface area (Å²) in [5.41, 5.74) is 4.64. The number of hydrogen-bond donors (Lipinski definition) is 3. The number of hydrogen-bond acceptors (Lipinski definition) is 5. The molecule has 0 radical (unpaired) electrons. The molecular weight excluding hydrogens is 406 g/mol. The Kier molecular flexibility index (Phi) is 5.07. The van der Waals surface area contributed by atoms with Gasteiger partial charge in [-0.2, -0.15) is 0 Å². The molecule has 7 nitrogen and oxygen atoms in total. The lowest BCUT2D eigenvalue weighted by molar-refractivity contribution is -0.124. The monoisotopic (exact) mass is 431 g/mol. The van der Waals surface area contributed by atoms with Crippen LogP contribution < -0.4 is 10.2 Å². The van der Waals surface area contributed by atoms with Gasteiger partial charge < -0.3 is 9.72 Å². The van der Waals surface area contributed by atoms with Crippen molar-refractivity contribution >= 4 is 28.7 Å². The van der Waals surface area contributed by atoms with Gasteiger partial charge in [0.15, 0.2) is 5.78 Å². The average molecular weight is 431 g/mol. The van der Waals surface area contributed by atoms with E-state index in [0.29, 0.717) is 29.8 Å². The van der Waals surface area contributed by atoms with Gasteiger partial charge in [0.1, 0.15) is 11.4 Å². The molecule has 1 fully saturated rings. The number of para-hydroxylation sites is 1. The molecule has 3 aromatic rings. The molecule has 1 aromatic heterocycles. The molecule has 3 N–H and O–H groups in total. The van der Waals surface area contributed by atoms with Crippen molar-refractivity contribution in [1.82, 2.24) is 15.4 Å². The molecular formula is C25H25N3O4. The van der Waals surface area contributed by atoms with Crippen LogP contribution in [0, 0.1) is 0 Å². The SMILES string of the molecule is CC(c1c[nH]c2ccccc12)N1CCC2(CC(=O)c3cc(C=CC(=O)NO)ccc3O2)C1. The summed E-state index contributed by atoms with van der Waals surface area (Å²) in [6, 6.07) is 13.8. The van der Waals surface area contributed by atoms with Crippen LogP contribution in [0.3, 0.4) is 0 Å². The quantitative estimate of drug-likeness (QED) is 0.331. The first-order valence-electron chi connectivity index (χ1n) is 10.8. The van der Waals surface area contributed by atoms with Crippen molar-refractivity contribution in [2.45, 2.75) is 31.4 Å². The fourth-order valence-corrected chi connectivity index (χ4v) is 4.89. The van der Waals surface area contributed by atoms with Gasteiger partial charge in [0.2, 0.25) is 0 Å². The minimum absolute atomic E-state index is 0.0507. The number of ether oxygens (including phenoxy) is 1. The third kappa shape index (κ3) is 3.59. The van der Waals surface area contributed by atoms with E-state index in [1.807, 2.05) is 6.07 Å². The van der Waals surface area contributed by atoms with Crippen LogP contribution in [0.4, 0.5) is 0 Å². The van der Waals surface area contributed by atoms with Crippen molar-refractivity contribution in [3.63, 3.8) is 0 Å². The minimum Gasteiger partial charge on any atom is -0.485 e. The lowest BCUT2D eigenvalue weighted by Gasteiger charge is -2.35. The number of aromatic nitrogens is 1. The zero-order valence-corrected chi connectivity index (χ0v) is 17.8. The number of H-pyrrole nitrogens is 1. The normalized spacial score (nSPS) is 21.8. The lowest BCUT2D eigenvalue weighted by atomic mass is 9.88. The van der Waals surface area contributed by atoms with Gasteiger partial charge in [-0.15, -0.1) is 0 Å². The second kappa shape index (κ2) is 7.93. The van der Waals surface area contributed by atoms with E-state index in [1.54, 1.807) is 29.8 Å². The summed E-state index contributed by atoms with van der Waals surface area (Å²) < 4.78 is 6.42. The van der Waals surface area contributed by atoms with Crippen molar-refractivity contribution in [2.75, 3.05) is 13.1 Å². The van der Waals surface area contributed by atoms with Crippen LogP contribution in [-0.4, -0.2) is 45.5 Å². The van der Waals surface area contributed by atoms with Crippen LogP contribution in [0.2, 0.25) is 0 Å². The minimum atomic E-state index is -0.625. The number of carbonyl (C=O) groups is 2. The van der Waals surface area contributed by atoms with Gasteiger partial charge in [0.05, 0.1) is 12.0 Å². The molecule has 2 aliphatic heterocycles. The van der Waals surface area contributed by atoms with Crippen molar-refractivity contribution in [2.24, 2.45) is 0 Å². The maximum Gasteiger partial charge on any atom is 0.267 e. The van der Waals surface area contributed by atoms with E-state index >= 15 is 0 Å². The van der Waals surface area contributed by atoms with Crippen LogP contribution in [0.25, 0.3) is 17.0 Å². The predicted molar refractivity (Wildman–Crippen MR) is 121 cm³/mol. The van der Waals surface area contributed by atoms with Gasteiger partial charge >= 0.3 is 0 Å². The molecule has 5 rings (SSSR count). The predicted octanol–water partition coefficient (Wildman–Crippen LogP) is 3.86. The van der Waals surface area contributed by atoms with Crippen molar-refractivity contribution < 1.29 is 19.5 Å². The summed E-state index contributed by atoms with van der Waals surface area (Å²) >= 11 is 0. The Morgan fingerprint density at radius 2 is 2.16 bits per heavy atom. The zero-order chi connectivity index (χ0) is 22.3. The first-order chi connectivity index (χ1) is 15.5. The zero-order valence-electron chi connectivity index (χ0n) is 17.8. The fraction of sp³-hybridized carbons (Fsp3) is 0.280. The van der Waals surface area contributed by atoms with Crippen molar-refractivity contribution in [1.29, 1.82) is 0 Å². The van der Waals surface area contributed by atoms with E-state index in [2.05, 4.69) is 41.2 Å². The first-order valence-corrected chi connectivity index (χ1v) is 10.8. The maximum absolute atomic E-state index is 13.0. The third-order valence-corrected chi connectivity index (χ3v) is 6.62. The largest absolute Gasteiger partial charge is 0.485 e. The van der Waals surface area contributed by atoms with Gasteiger partial charge in [0.25, 0.3) is 5.91 Å². The number of hydroxylamine groups is 1. The fourth-order valence-electron chi connectivity index (χ4n) is 4.89. The van der Waals surface area contributed by atoms with E-state index in [-0.39, 0.29) is 11.8 Å². The van der Waals surface area contributed by atoms with Crippen molar-refractivity contribution in [3.8, 4) is 5.75 Å². The van der Waals surface area contributed by atoms with Gasteiger partial charge in [-0.3, -0.25) is 19.7 Å². The Labute approximate surface area is 185 Å². The number of nitrogens with one attached hydrogen (secondary N) is 2. The molecule has 32 heavy (non-hydrogen) atoms.